The van der Waals surface area contributed by atoms with Crippen molar-refractivity contribution in [3.05, 3.63) is 11.6 Å². The number of hydrogen-bond donors (Lipinski definition) is 4. The van der Waals surface area contributed by atoms with Crippen molar-refractivity contribution in [2.45, 2.75) is 216 Å². The van der Waals surface area contributed by atoms with Gasteiger partial charge in [0.15, 0.2) is 0 Å². The Kier molecular flexibility index (Phi) is 18.6. The summed E-state index contributed by atoms with van der Waals surface area (Å²) in [7, 11) is 0. The van der Waals surface area contributed by atoms with Crippen LogP contribution in [0, 0.1) is 0 Å². The van der Waals surface area contributed by atoms with Crippen LogP contribution in [0.2, 0.25) is 0 Å². The summed E-state index contributed by atoms with van der Waals surface area (Å²) in [5, 5.41) is 41.8. The van der Waals surface area contributed by atoms with Gasteiger partial charge in [-0.1, -0.05) is 90.4 Å². The standard InChI is InChI=1S/C37H66O8/c1-3-4-5-6-7-8-12-15-18-31(39)32(40)20-21-33(41)34-23-24-36(45-34)35-22-19-30(44-35)17-14-11-9-10-13-16-29(38)26-28-25-27(2)43-37(28)42/h25,27,29-36,38-41H,3-24,26H2,1-2H3. The van der Waals surface area contributed by atoms with Gasteiger partial charge in [0.2, 0.25) is 0 Å². The van der Waals surface area contributed by atoms with Gasteiger partial charge < -0.3 is 34.6 Å². The van der Waals surface area contributed by atoms with Crippen LogP contribution in [0.1, 0.15) is 162 Å². The number of carbonyl (C=O) groups is 1. The molecule has 0 radical (unpaired) electrons. The van der Waals surface area contributed by atoms with Crippen molar-refractivity contribution in [3.63, 3.8) is 0 Å². The van der Waals surface area contributed by atoms with Crippen molar-refractivity contribution < 1.29 is 39.4 Å². The summed E-state index contributed by atoms with van der Waals surface area (Å²) in [6, 6.07) is 0. The molecule has 0 aromatic heterocycles. The van der Waals surface area contributed by atoms with Crippen LogP contribution in [0.4, 0.5) is 0 Å². The van der Waals surface area contributed by atoms with Crippen LogP contribution >= 0.6 is 0 Å². The molecule has 8 heteroatoms. The second kappa shape index (κ2) is 21.8. The van der Waals surface area contributed by atoms with E-state index in [1.54, 1.807) is 0 Å². The third kappa shape index (κ3) is 14.7. The first-order valence-electron chi connectivity index (χ1n) is 18.7. The normalized spacial score (nSPS) is 27.8. The van der Waals surface area contributed by atoms with E-state index in [2.05, 4.69) is 6.92 Å². The quantitative estimate of drug-likeness (QED) is 0.0634. The van der Waals surface area contributed by atoms with Crippen LogP contribution in [0.3, 0.4) is 0 Å². The van der Waals surface area contributed by atoms with E-state index in [-0.39, 0.29) is 36.5 Å². The number of esters is 1. The number of ether oxygens (including phenoxy) is 3. The topological polar surface area (TPSA) is 126 Å². The molecular formula is C37H66O8. The van der Waals surface area contributed by atoms with Gasteiger partial charge in [0, 0.05) is 12.0 Å². The summed E-state index contributed by atoms with van der Waals surface area (Å²) < 4.78 is 17.7. The highest BCUT2D eigenvalue weighted by Crippen LogP contribution is 2.34. The predicted octanol–water partition coefficient (Wildman–Crippen LogP) is 6.83. The lowest BCUT2D eigenvalue weighted by atomic mass is 9.97. The molecular weight excluding hydrogens is 572 g/mol. The van der Waals surface area contributed by atoms with Gasteiger partial charge in [-0.2, -0.15) is 0 Å². The minimum absolute atomic E-state index is 0.0311. The van der Waals surface area contributed by atoms with Crippen LogP contribution in [0.15, 0.2) is 11.6 Å². The highest BCUT2D eigenvalue weighted by atomic mass is 16.6. The Morgan fingerprint density at radius 2 is 1.31 bits per heavy atom. The molecule has 9 unspecified atom stereocenters. The zero-order valence-electron chi connectivity index (χ0n) is 28.5. The fraction of sp³-hybridized carbons (Fsp3) is 0.919. The van der Waals surface area contributed by atoms with Crippen LogP contribution in [0.25, 0.3) is 0 Å². The van der Waals surface area contributed by atoms with Crippen LogP contribution in [0.5, 0.6) is 0 Å². The summed E-state index contributed by atoms with van der Waals surface area (Å²) in [5.41, 5.74) is 0.606. The second-order valence-corrected chi connectivity index (χ2v) is 14.2. The number of aliphatic hydroxyl groups is 4. The Morgan fingerprint density at radius 3 is 2.00 bits per heavy atom. The molecule has 3 aliphatic heterocycles. The summed E-state index contributed by atoms with van der Waals surface area (Å²) >= 11 is 0. The first-order valence-corrected chi connectivity index (χ1v) is 18.7. The Labute approximate surface area is 273 Å². The third-order valence-corrected chi connectivity index (χ3v) is 10.1. The Balaban J connectivity index is 1.17. The Morgan fingerprint density at radius 1 is 0.711 bits per heavy atom. The molecule has 0 bridgehead atoms. The number of rotatable bonds is 25. The van der Waals surface area contributed by atoms with E-state index >= 15 is 0 Å². The third-order valence-electron chi connectivity index (χ3n) is 10.1. The summed E-state index contributed by atoms with van der Waals surface area (Å²) in [6.07, 6.45) is 21.8. The zero-order valence-corrected chi connectivity index (χ0v) is 28.5. The molecule has 3 rings (SSSR count). The number of hydrogen-bond acceptors (Lipinski definition) is 8. The number of unbranched alkanes of at least 4 members (excludes halogenated alkanes) is 11. The lowest BCUT2D eigenvalue weighted by molar-refractivity contribution is -0.139. The van der Waals surface area contributed by atoms with Gasteiger partial charge in [-0.25, -0.2) is 4.79 Å². The van der Waals surface area contributed by atoms with Crippen LogP contribution < -0.4 is 0 Å². The molecule has 3 heterocycles. The van der Waals surface area contributed by atoms with Gasteiger partial charge in [-0.15, -0.1) is 0 Å². The van der Waals surface area contributed by atoms with E-state index in [9.17, 15) is 25.2 Å². The van der Waals surface area contributed by atoms with E-state index in [0.717, 1.165) is 77.0 Å². The first kappa shape index (κ1) is 38.4. The van der Waals surface area contributed by atoms with Gasteiger partial charge in [0.25, 0.3) is 0 Å². The van der Waals surface area contributed by atoms with Gasteiger partial charge in [0.05, 0.1) is 48.8 Å². The maximum Gasteiger partial charge on any atom is 0.334 e. The molecule has 9 atom stereocenters. The lowest BCUT2D eigenvalue weighted by Gasteiger charge is -2.24. The average Bonchev–Trinajstić information content (AvgIpc) is 3.76. The molecule has 0 spiro atoms. The molecule has 0 saturated carbocycles. The molecule has 0 aliphatic carbocycles. The fourth-order valence-electron chi connectivity index (χ4n) is 7.28. The maximum atomic E-state index is 11.7. The SMILES string of the molecule is CCCCCCCCCCC(O)C(O)CCC(O)C1CCC(C2CCC(CCCCCCCC(O)CC3=CC(C)OC3=O)O2)O1. The van der Waals surface area contributed by atoms with E-state index in [1.807, 2.05) is 13.0 Å². The monoisotopic (exact) mass is 638 g/mol. The maximum absolute atomic E-state index is 11.7. The van der Waals surface area contributed by atoms with E-state index < -0.39 is 24.4 Å². The summed E-state index contributed by atoms with van der Waals surface area (Å²) in [4.78, 5) is 11.7. The number of aliphatic hydroxyl groups excluding tert-OH is 4. The molecule has 4 N–H and O–H groups in total. The number of cyclic esters (lactones) is 1. The minimum Gasteiger partial charge on any atom is -0.455 e. The summed E-state index contributed by atoms with van der Waals surface area (Å²) in [6.45, 7) is 4.06. The van der Waals surface area contributed by atoms with E-state index in [0.29, 0.717) is 37.7 Å². The molecule has 8 nitrogen and oxygen atoms in total. The van der Waals surface area contributed by atoms with Crippen molar-refractivity contribution >= 4 is 5.97 Å². The number of carbonyl (C=O) groups excluding carboxylic acids is 1. The average molecular weight is 639 g/mol. The molecule has 0 aromatic rings. The molecule has 262 valence electrons. The van der Waals surface area contributed by atoms with E-state index in [1.165, 1.54) is 38.5 Å². The van der Waals surface area contributed by atoms with Gasteiger partial charge in [0.1, 0.15) is 6.10 Å². The molecule has 2 fully saturated rings. The van der Waals surface area contributed by atoms with Crippen molar-refractivity contribution in [1.82, 2.24) is 0 Å². The summed E-state index contributed by atoms with van der Waals surface area (Å²) in [5.74, 6) is -0.290. The fourth-order valence-corrected chi connectivity index (χ4v) is 7.28. The Bertz CT molecular complexity index is 833. The van der Waals surface area contributed by atoms with Crippen LogP contribution in [-0.4, -0.2) is 81.3 Å². The molecule has 45 heavy (non-hydrogen) atoms. The van der Waals surface area contributed by atoms with Gasteiger partial charge >= 0.3 is 5.97 Å². The Hall–Kier alpha value is -1.03. The molecule has 3 aliphatic rings. The van der Waals surface area contributed by atoms with Crippen molar-refractivity contribution in [1.29, 1.82) is 0 Å². The highest BCUT2D eigenvalue weighted by molar-refractivity contribution is 5.90. The van der Waals surface area contributed by atoms with Gasteiger partial charge in [-0.3, -0.25) is 0 Å². The first-order chi connectivity index (χ1) is 21.8. The lowest BCUT2D eigenvalue weighted by Crippen LogP contribution is -2.33. The largest absolute Gasteiger partial charge is 0.455 e. The smallest absolute Gasteiger partial charge is 0.334 e. The van der Waals surface area contributed by atoms with Crippen molar-refractivity contribution in [2.24, 2.45) is 0 Å². The molecule has 2 saturated heterocycles. The van der Waals surface area contributed by atoms with Crippen molar-refractivity contribution in [2.75, 3.05) is 0 Å². The van der Waals surface area contributed by atoms with E-state index in [4.69, 9.17) is 14.2 Å². The molecule has 0 aromatic carbocycles. The molecule has 0 amide bonds. The van der Waals surface area contributed by atoms with Crippen LogP contribution in [-0.2, 0) is 19.0 Å². The van der Waals surface area contributed by atoms with Gasteiger partial charge in [-0.05, 0) is 70.8 Å². The minimum atomic E-state index is -0.794. The highest BCUT2D eigenvalue weighted by Gasteiger charge is 2.39. The zero-order chi connectivity index (χ0) is 32.4. The predicted molar refractivity (Wildman–Crippen MR) is 177 cm³/mol. The van der Waals surface area contributed by atoms with Crippen molar-refractivity contribution in [3.8, 4) is 0 Å². The second-order valence-electron chi connectivity index (χ2n) is 14.2.